The number of nitrogens with one attached hydrogen (secondary N) is 2. The van der Waals surface area contributed by atoms with Crippen LogP contribution in [0.5, 0.6) is 0 Å². The first-order chi connectivity index (χ1) is 12.0. The molecule has 6 nitrogen and oxygen atoms in total. The van der Waals surface area contributed by atoms with Crippen molar-refractivity contribution in [2.75, 3.05) is 5.32 Å². The van der Waals surface area contributed by atoms with E-state index < -0.39 is 0 Å². The summed E-state index contributed by atoms with van der Waals surface area (Å²) in [6, 6.07) is 1.81. The summed E-state index contributed by atoms with van der Waals surface area (Å²) in [7, 11) is 0. The number of carbonyl (C=O) groups is 2. The molecule has 2 heterocycles. The van der Waals surface area contributed by atoms with Gasteiger partial charge in [0, 0.05) is 17.0 Å². The molecule has 3 rings (SSSR count). The van der Waals surface area contributed by atoms with Gasteiger partial charge in [-0.2, -0.15) is 0 Å². The van der Waals surface area contributed by atoms with Crippen molar-refractivity contribution in [2.24, 2.45) is 0 Å². The number of rotatable bonds is 5. The Kier molecular flexibility index (Phi) is 5.22. The number of nitrogens with zero attached hydrogens (tertiary/aromatic N) is 1. The Morgan fingerprint density at radius 1 is 1.28 bits per heavy atom. The van der Waals surface area contributed by atoms with E-state index in [1.165, 1.54) is 11.3 Å². The van der Waals surface area contributed by atoms with Crippen LogP contribution in [0.25, 0.3) is 0 Å². The normalized spacial score (nSPS) is 14.7. The third-order valence-electron chi connectivity index (χ3n) is 4.57. The lowest BCUT2D eigenvalue weighted by molar-refractivity contribution is 0.0938. The van der Waals surface area contributed by atoms with E-state index in [-0.39, 0.29) is 23.6 Å². The van der Waals surface area contributed by atoms with E-state index >= 15 is 0 Å². The van der Waals surface area contributed by atoms with Gasteiger partial charge in [0.1, 0.15) is 10.8 Å². The molecule has 7 heteroatoms. The number of aromatic nitrogens is 1. The van der Waals surface area contributed by atoms with Crippen LogP contribution in [0.4, 0.5) is 5.00 Å². The predicted molar refractivity (Wildman–Crippen MR) is 97.3 cm³/mol. The van der Waals surface area contributed by atoms with Gasteiger partial charge < -0.3 is 15.2 Å². The van der Waals surface area contributed by atoms with Gasteiger partial charge in [-0.3, -0.25) is 9.59 Å². The van der Waals surface area contributed by atoms with Crippen LogP contribution < -0.4 is 10.6 Å². The third-order valence-corrected chi connectivity index (χ3v) is 5.63. The minimum absolute atomic E-state index is 0.0975. The molecular weight excluding hydrogens is 338 g/mol. The fourth-order valence-electron chi connectivity index (χ4n) is 3.30. The van der Waals surface area contributed by atoms with Crippen molar-refractivity contribution in [3.63, 3.8) is 0 Å². The van der Waals surface area contributed by atoms with Gasteiger partial charge in [-0.15, -0.1) is 11.3 Å². The fourth-order valence-corrected chi connectivity index (χ4v) is 4.44. The number of hydrogen-bond acceptors (Lipinski definition) is 5. The highest BCUT2D eigenvalue weighted by atomic mass is 32.1. The summed E-state index contributed by atoms with van der Waals surface area (Å²) in [6.45, 7) is 5.73. The maximum absolute atomic E-state index is 12.8. The molecule has 0 aromatic carbocycles. The SMILES string of the molecule is CCc1c(C)sc(NC(=O)c2cc(C)on2)c1C(=O)NC1CCCC1. The summed E-state index contributed by atoms with van der Waals surface area (Å²) in [5.41, 5.74) is 1.79. The average molecular weight is 361 g/mol. The zero-order valence-electron chi connectivity index (χ0n) is 14.8. The lowest BCUT2D eigenvalue weighted by atomic mass is 10.1. The second-order valence-electron chi connectivity index (χ2n) is 6.43. The van der Waals surface area contributed by atoms with E-state index in [4.69, 9.17) is 4.52 Å². The zero-order chi connectivity index (χ0) is 18.0. The zero-order valence-corrected chi connectivity index (χ0v) is 15.6. The van der Waals surface area contributed by atoms with Crippen molar-refractivity contribution in [1.29, 1.82) is 0 Å². The fraction of sp³-hybridized carbons (Fsp3) is 0.500. The first-order valence-corrected chi connectivity index (χ1v) is 9.49. The molecule has 0 spiro atoms. The summed E-state index contributed by atoms with van der Waals surface area (Å²) in [5.74, 6) is 0.108. The van der Waals surface area contributed by atoms with Crippen molar-refractivity contribution >= 4 is 28.2 Å². The number of carbonyl (C=O) groups excluding carboxylic acids is 2. The Balaban J connectivity index is 1.85. The standard InChI is InChI=1S/C18H23N3O3S/c1-4-13-11(3)25-18(20-16(22)14-9-10(2)24-21-14)15(13)17(23)19-12-7-5-6-8-12/h9,12H,4-8H2,1-3H3,(H,19,23)(H,20,22). The van der Waals surface area contributed by atoms with Crippen LogP contribution in [-0.4, -0.2) is 23.0 Å². The number of amides is 2. The van der Waals surface area contributed by atoms with Crippen LogP contribution in [0.15, 0.2) is 10.6 Å². The first kappa shape index (κ1) is 17.7. The largest absolute Gasteiger partial charge is 0.361 e. The Bertz CT molecular complexity index is 788. The minimum atomic E-state index is -0.365. The number of thiophene rings is 1. The van der Waals surface area contributed by atoms with Crippen molar-refractivity contribution in [2.45, 2.75) is 58.9 Å². The second kappa shape index (κ2) is 7.39. The monoisotopic (exact) mass is 361 g/mol. The van der Waals surface area contributed by atoms with E-state index in [1.807, 2.05) is 13.8 Å². The van der Waals surface area contributed by atoms with Crippen LogP contribution in [0.2, 0.25) is 0 Å². The van der Waals surface area contributed by atoms with Gasteiger partial charge in [-0.1, -0.05) is 24.9 Å². The van der Waals surface area contributed by atoms with Crippen molar-refractivity contribution in [3.8, 4) is 0 Å². The molecular formula is C18H23N3O3S. The molecule has 0 atom stereocenters. The van der Waals surface area contributed by atoms with Crippen LogP contribution in [0.1, 0.15) is 69.7 Å². The van der Waals surface area contributed by atoms with Gasteiger partial charge in [0.05, 0.1) is 5.56 Å². The van der Waals surface area contributed by atoms with Crippen LogP contribution in [0.3, 0.4) is 0 Å². The topological polar surface area (TPSA) is 84.2 Å². The molecule has 2 aromatic heterocycles. The maximum Gasteiger partial charge on any atom is 0.278 e. The summed E-state index contributed by atoms with van der Waals surface area (Å²) >= 11 is 1.43. The lowest BCUT2D eigenvalue weighted by Crippen LogP contribution is -2.33. The molecule has 2 aromatic rings. The highest BCUT2D eigenvalue weighted by Crippen LogP contribution is 2.34. The maximum atomic E-state index is 12.8. The summed E-state index contributed by atoms with van der Waals surface area (Å²) in [5, 5.41) is 10.3. The highest BCUT2D eigenvalue weighted by Gasteiger charge is 2.26. The van der Waals surface area contributed by atoms with Crippen LogP contribution in [0, 0.1) is 13.8 Å². The van der Waals surface area contributed by atoms with Gasteiger partial charge in [-0.25, -0.2) is 0 Å². The van der Waals surface area contributed by atoms with Gasteiger partial charge in [0.2, 0.25) is 0 Å². The van der Waals surface area contributed by atoms with Gasteiger partial charge in [0.15, 0.2) is 5.69 Å². The molecule has 1 fully saturated rings. The van der Waals surface area contributed by atoms with E-state index in [9.17, 15) is 9.59 Å². The van der Waals surface area contributed by atoms with Crippen LogP contribution in [-0.2, 0) is 6.42 Å². The van der Waals surface area contributed by atoms with E-state index in [0.717, 1.165) is 42.5 Å². The molecule has 0 saturated heterocycles. The van der Waals surface area contributed by atoms with Crippen molar-refractivity contribution in [3.05, 3.63) is 33.5 Å². The molecule has 1 aliphatic carbocycles. The molecule has 0 unspecified atom stereocenters. The number of hydrogen-bond donors (Lipinski definition) is 2. The predicted octanol–water partition coefficient (Wildman–Crippen LogP) is 3.84. The summed E-state index contributed by atoms with van der Waals surface area (Å²) in [6.07, 6.45) is 5.11. The van der Waals surface area contributed by atoms with E-state index in [2.05, 4.69) is 15.8 Å². The molecule has 2 N–H and O–H groups in total. The molecule has 0 bridgehead atoms. The minimum Gasteiger partial charge on any atom is -0.361 e. The quantitative estimate of drug-likeness (QED) is 0.847. The molecule has 2 amide bonds. The van der Waals surface area contributed by atoms with Gasteiger partial charge in [0.25, 0.3) is 11.8 Å². The molecule has 1 saturated carbocycles. The highest BCUT2D eigenvalue weighted by molar-refractivity contribution is 7.16. The number of anilines is 1. The van der Waals surface area contributed by atoms with Crippen molar-refractivity contribution in [1.82, 2.24) is 10.5 Å². The third kappa shape index (κ3) is 3.76. The average Bonchev–Trinajstić information content (AvgIpc) is 3.28. The second-order valence-corrected chi connectivity index (χ2v) is 7.65. The first-order valence-electron chi connectivity index (χ1n) is 8.67. The summed E-state index contributed by atoms with van der Waals surface area (Å²) in [4.78, 5) is 26.3. The molecule has 0 aliphatic heterocycles. The van der Waals surface area contributed by atoms with Gasteiger partial charge in [-0.05, 0) is 38.7 Å². The summed E-state index contributed by atoms with van der Waals surface area (Å²) < 4.78 is 4.95. The smallest absolute Gasteiger partial charge is 0.278 e. The van der Waals surface area contributed by atoms with Gasteiger partial charge >= 0.3 is 0 Å². The Labute approximate surface area is 151 Å². The van der Waals surface area contributed by atoms with E-state index in [0.29, 0.717) is 16.3 Å². The Morgan fingerprint density at radius 3 is 2.60 bits per heavy atom. The molecule has 0 radical (unpaired) electrons. The Hall–Kier alpha value is -2.15. The lowest BCUT2D eigenvalue weighted by Gasteiger charge is -2.14. The molecule has 25 heavy (non-hydrogen) atoms. The molecule has 1 aliphatic rings. The van der Waals surface area contributed by atoms with E-state index in [1.54, 1.807) is 13.0 Å². The molecule has 134 valence electrons. The van der Waals surface area contributed by atoms with Crippen molar-refractivity contribution < 1.29 is 14.1 Å². The Morgan fingerprint density at radius 2 is 2.00 bits per heavy atom. The number of aryl methyl sites for hydroxylation is 2. The van der Waals surface area contributed by atoms with Crippen LogP contribution >= 0.6 is 11.3 Å².